The number of rotatable bonds is 4. The molecule has 1 aromatic carbocycles. The van der Waals surface area contributed by atoms with Crippen LogP contribution in [0.5, 0.6) is 5.88 Å². The highest BCUT2D eigenvalue weighted by Gasteiger charge is 2.31. The molecule has 0 spiro atoms. The number of halogens is 1. The molecule has 0 saturated carbocycles. The molecule has 6 nitrogen and oxygen atoms in total. The second kappa shape index (κ2) is 7.27. The third-order valence-corrected chi connectivity index (χ3v) is 6.51. The highest BCUT2D eigenvalue weighted by atomic mass is 35.5. The van der Waals surface area contributed by atoms with Crippen LogP contribution in [-0.4, -0.2) is 42.1 Å². The van der Waals surface area contributed by atoms with Crippen LogP contribution >= 0.6 is 11.6 Å². The van der Waals surface area contributed by atoms with Crippen LogP contribution in [0.1, 0.15) is 24.1 Å². The summed E-state index contributed by atoms with van der Waals surface area (Å²) < 4.78 is 33.0. The number of benzene rings is 1. The molecule has 0 amide bonds. The Kier molecular flexibility index (Phi) is 5.27. The van der Waals surface area contributed by atoms with Crippen molar-refractivity contribution >= 4 is 21.6 Å². The Bertz CT molecular complexity index is 848. The topological polar surface area (TPSA) is 72.4 Å². The third kappa shape index (κ3) is 4.11. The Morgan fingerprint density at radius 2 is 1.84 bits per heavy atom. The Morgan fingerprint density at radius 1 is 1.12 bits per heavy atom. The predicted octanol–water partition coefficient (Wildman–Crippen LogP) is 2.98. The maximum Gasteiger partial charge on any atom is 0.243 e. The van der Waals surface area contributed by atoms with Gasteiger partial charge in [-0.25, -0.2) is 8.42 Å². The molecule has 2 aromatic rings. The van der Waals surface area contributed by atoms with Crippen LogP contribution in [0.2, 0.25) is 5.02 Å². The van der Waals surface area contributed by atoms with Gasteiger partial charge in [0.1, 0.15) is 6.10 Å². The van der Waals surface area contributed by atoms with E-state index in [-0.39, 0.29) is 11.0 Å². The minimum atomic E-state index is -3.55. The maximum atomic E-state index is 12.9. The lowest BCUT2D eigenvalue weighted by Crippen LogP contribution is -2.42. The minimum Gasteiger partial charge on any atom is -0.473 e. The second-order valence-electron chi connectivity index (χ2n) is 6.14. The molecule has 1 aliphatic heterocycles. The smallest absolute Gasteiger partial charge is 0.243 e. The molecule has 1 aromatic heterocycles. The van der Waals surface area contributed by atoms with E-state index in [1.165, 1.54) is 10.4 Å². The molecule has 0 unspecified atom stereocenters. The summed E-state index contributed by atoms with van der Waals surface area (Å²) in [7, 11) is -3.55. The third-order valence-electron chi connectivity index (χ3n) is 4.23. The Morgan fingerprint density at radius 3 is 2.48 bits per heavy atom. The Labute approximate surface area is 152 Å². The largest absolute Gasteiger partial charge is 0.473 e. The molecule has 1 fully saturated rings. The van der Waals surface area contributed by atoms with Crippen molar-refractivity contribution in [3.8, 4) is 5.88 Å². The molecule has 0 aliphatic carbocycles. The zero-order valence-corrected chi connectivity index (χ0v) is 15.7. The summed E-state index contributed by atoms with van der Waals surface area (Å²) in [6, 6.07) is 8.54. The van der Waals surface area contributed by atoms with Crippen LogP contribution in [0.25, 0.3) is 0 Å². The average Bonchev–Trinajstić information content (AvgIpc) is 2.59. The number of hydrogen-bond donors (Lipinski definition) is 0. The fourth-order valence-corrected chi connectivity index (χ4v) is 4.76. The van der Waals surface area contributed by atoms with Crippen molar-refractivity contribution < 1.29 is 13.2 Å². The van der Waals surface area contributed by atoms with Crippen molar-refractivity contribution in [2.45, 2.75) is 37.7 Å². The molecule has 8 heteroatoms. The molecular weight excluding hydrogens is 362 g/mol. The molecular formula is C17H20ClN3O3S. The SMILES string of the molecule is Cc1ccc(OC2CCN(S(=O)(=O)c3cc(Cl)ccc3C)CC2)nn1. The molecule has 25 heavy (non-hydrogen) atoms. The standard InChI is InChI=1S/C17H20ClN3O3S/c1-12-3-5-14(18)11-16(12)25(22,23)21-9-7-15(8-10-21)24-17-6-4-13(2)19-20-17/h3-6,11,15H,7-10H2,1-2H3. The lowest BCUT2D eigenvalue weighted by Gasteiger charge is -2.31. The lowest BCUT2D eigenvalue weighted by atomic mass is 10.1. The van der Waals surface area contributed by atoms with Crippen LogP contribution in [0.15, 0.2) is 35.2 Å². The zero-order valence-electron chi connectivity index (χ0n) is 14.1. The van der Waals surface area contributed by atoms with Crippen LogP contribution in [0.4, 0.5) is 0 Å². The molecule has 0 bridgehead atoms. The monoisotopic (exact) mass is 381 g/mol. The van der Waals surface area contributed by atoms with Crippen molar-refractivity contribution in [2.75, 3.05) is 13.1 Å². The van der Waals surface area contributed by atoms with Gasteiger partial charge in [0.2, 0.25) is 15.9 Å². The predicted molar refractivity (Wildman–Crippen MR) is 95.4 cm³/mol. The van der Waals surface area contributed by atoms with Gasteiger partial charge in [-0.05, 0) is 50.5 Å². The van der Waals surface area contributed by atoms with E-state index in [0.29, 0.717) is 42.4 Å². The van der Waals surface area contributed by atoms with E-state index in [2.05, 4.69) is 10.2 Å². The van der Waals surface area contributed by atoms with E-state index < -0.39 is 10.0 Å². The Balaban J connectivity index is 1.67. The molecule has 0 radical (unpaired) electrons. The van der Waals surface area contributed by atoms with Gasteiger partial charge < -0.3 is 4.74 Å². The van der Waals surface area contributed by atoms with Crippen molar-refractivity contribution in [1.82, 2.24) is 14.5 Å². The summed E-state index contributed by atoms with van der Waals surface area (Å²) in [5, 5.41) is 8.37. The van der Waals surface area contributed by atoms with Crippen molar-refractivity contribution in [3.63, 3.8) is 0 Å². The van der Waals surface area contributed by atoms with Crippen molar-refractivity contribution in [3.05, 3.63) is 46.6 Å². The van der Waals surface area contributed by atoms with Crippen LogP contribution in [0.3, 0.4) is 0 Å². The number of aryl methyl sites for hydroxylation is 2. The fraction of sp³-hybridized carbons (Fsp3) is 0.412. The van der Waals surface area contributed by atoms with E-state index in [1.54, 1.807) is 25.1 Å². The Hall–Kier alpha value is -1.70. The van der Waals surface area contributed by atoms with Gasteiger partial charge in [0, 0.05) is 24.2 Å². The summed E-state index contributed by atoms with van der Waals surface area (Å²) in [5.74, 6) is 0.470. The summed E-state index contributed by atoms with van der Waals surface area (Å²) >= 11 is 5.97. The summed E-state index contributed by atoms with van der Waals surface area (Å²) in [6.45, 7) is 4.43. The lowest BCUT2D eigenvalue weighted by molar-refractivity contribution is 0.128. The molecule has 0 N–H and O–H groups in total. The van der Waals surface area contributed by atoms with Crippen molar-refractivity contribution in [1.29, 1.82) is 0 Å². The molecule has 1 aliphatic rings. The van der Waals surface area contributed by atoms with E-state index in [0.717, 1.165) is 5.69 Å². The first kappa shape index (κ1) is 18.1. The number of piperidine rings is 1. The molecule has 2 heterocycles. The minimum absolute atomic E-state index is 0.0658. The average molecular weight is 382 g/mol. The molecule has 0 atom stereocenters. The summed E-state index contributed by atoms with van der Waals surface area (Å²) in [4.78, 5) is 0.267. The number of sulfonamides is 1. The summed E-state index contributed by atoms with van der Waals surface area (Å²) in [6.07, 6.45) is 1.15. The number of ether oxygens (including phenoxy) is 1. The normalized spacial score (nSPS) is 16.8. The van der Waals surface area contributed by atoms with Crippen LogP contribution in [-0.2, 0) is 10.0 Å². The highest BCUT2D eigenvalue weighted by Crippen LogP contribution is 2.27. The van der Waals surface area contributed by atoms with Crippen LogP contribution < -0.4 is 4.74 Å². The first-order valence-corrected chi connectivity index (χ1v) is 9.91. The van der Waals surface area contributed by atoms with E-state index >= 15 is 0 Å². The first-order valence-electron chi connectivity index (χ1n) is 8.09. The van der Waals surface area contributed by atoms with E-state index in [4.69, 9.17) is 16.3 Å². The number of hydrogen-bond acceptors (Lipinski definition) is 5. The highest BCUT2D eigenvalue weighted by molar-refractivity contribution is 7.89. The van der Waals surface area contributed by atoms with Crippen LogP contribution in [0, 0.1) is 13.8 Å². The zero-order chi connectivity index (χ0) is 18.0. The number of nitrogens with zero attached hydrogens (tertiary/aromatic N) is 3. The van der Waals surface area contributed by atoms with E-state index in [1.807, 2.05) is 13.0 Å². The van der Waals surface area contributed by atoms with Gasteiger partial charge in [-0.3, -0.25) is 0 Å². The summed E-state index contributed by atoms with van der Waals surface area (Å²) in [5.41, 5.74) is 1.52. The first-order chi connectivity index (χ1) is 11.9. The van der Waals surface area contributed by atoms with Gasteiger partial charge in [0.05, 0.1) is 10.6 Å². The van der Waals surface area contributed by atoms with E-state index in [9.17, 15) is 8.42 Å². The fourth-order valence-electron chi connectivity index (χ4n) is 2.80. The number of aromatic nitrogens is 2. The van der Waals surface area contributed by atoms with Gasteiger partial charge in [-0.1, -0.05) is 17.7 Å². The van der Waals surface area contributed by atoms with Gasteiger partial charge in [0.15, 0.2) is 0 Å². The molecule has 3 rings (SSSR count). The molecule has 1 saturated heterocycles. The molecule has 134 valence electrons. The second-order valence-corrected chi connectivity index (χ2v) is 8.49. The maximum absolute atomic E-state index is 12.9. The van der Waals surface area contributed by atoms with Gasteiger partial charge in [-0.2, -0.15) is 9.40 Å². The van der Waals surface area contributed by atoms with Gasteiger partial charge in [0.25, 0.3) is 0 Å². The van der Waals surface area contributed by atoms with Crippen molar-refractivity contribution in [2.24, 2.45) is 0 Å². The van der Waals surface area contributed by atoms with Gasteiger partial charge in [-0.15, -0.1) is 5.10 Å². The quantitative estimate of drug-likeness (QED) is 0.814. The van der Waals surface area contributed by atoms with Gasteiger partial charge >= 0.3 is 0 Å².